The maximum absolute atomic E-state index is 6.90. The molecule has 0 aromatic carbocycles. The third-order valence-corrected chi connectivity index (χ3v) is 14.2. The van der Waals surface area contributed by atoms with E-state index in [1.165, 1.54) is 154 Å². The average Bonchev–Trinajstić information content (AvgIpc) is 3.15. The van der Waals surface area contributed by atoms with Gasteiger partial charge in [-0.05, 0) is 137 Å². The van der Waals surface area contributed by atoms with Crippen molar-refractivity contribution in [3.8, 4) is 0 Å². The largest absolute Gasteiger partial charge is 0.353 e. The number of ether oxygens (including phenoxy) is 3. The van der Waals surface area contributed by atoms with E-state index in [0.29, 0.717) is 9.65 Å². The summed E-state index contributed by atoms with van der Waals surface area (Å²) in [6, 6.07) is 0. The van der Waals surface area contributed by atoms with Gasteiger partial charge in [0.2, 0.25) is 0 Å². The molecule has 0 aliphatic heterocycles. The highest BCUT2D eigenvalue weighted by Gasteiger charge is 2.22. The van der Waals surface area contributed by atoms with Crippen molar-refractivity contribution in [1.29, 1.82) is 0 Å². The SMILES string of the molecule is CCCCCCCCCCOC(CCCC(C)CC(C)CC(C)CC(C)CC(C)Br)OC(CCCC(C)CC(C)CC(C)CC(C)CC(C)Br)OCCCCCCCCCC. The molecule has 0 aromatic heterocycles. The number of rotatable bonds is 46. The summed E-state index contributed by atoms with van der Waals surface area (Å²) in [5.74, 6) is 6.22. The van der Waals surface area contributed by atoms with Gasteiger partial charge >= 0.3 is 0 Å². The minimum atomic E-state index is -0.162. The lowest BCUT2D eigenvalue weighted by molar-refractivity contribution is -0.250. The van der Waals surface area contributed by atoms with Crippen molar-refractivity contribution < 1.29 is 14.2 Å². The van der Waals surface area contributed by atoms with Gasteiger partial charge in [0.1, 0.15) is 0 Å². The fourth-order valence-corrected chi connectivity index (χ4v) is 12.0. The Morgan fingerprint density at radius 3 is 0.852 bits per heavy atom. The number of halogens is 2. The first-order valence-corrected chi connectivity index (χ1v) is 29.1. The van der Waals surface area contributed by atoms with Crippen LogP contribution in [-0.4, -0.2) is 35.4 Å². The Balaban J connectivity index is 5.37. The van der Waals surface area contributed by atoms with E-state index in [-0.39, 0.29) is 12.6 Å². The van der Waals surface area contributed by atoms with Crippen molar-refractivity contribution in [2.45, 2.75) is 298 Å². The number of hydrogen-bond acceptors (Lipinski definition) is 3. The zero-order valence-electron chi connectivity index (χ0n) is 43.5. The Morgan fingerprint density at radius 2 is 0.557 bits per heavy atom. The smallest absolute Gasteiger partial charge is 0.160 e. The van der Waals surface area contributed by atoms with Crippen LogP contribution in [0.25, 0.3) is 0 Å². The molecule has 0 saturated carbocycles. The van der Waals surface area contributed by atoms with Gasteiger partial charge in [-0.1, -0.05) is 218 Å². The molecular formula is C56H112Br2O3. The van der Waals surface area contributed by atoms with Crippen LogP contribution in [0, 0.1) is 47.3 Å². The van der Waals surface area contributed by atoms with E-state index in [2.05, 4.69) is 115 Å². The molecule has 0 rings (SSSR count). The number of alkyl halides is 2. The van der Waals surface area contributed by atoms with Crippen LogP contribution >= 0.6 is 31.9 Å². The zero-order valence-corrected chi connectivity index (χ0v) is 46.7. The molecule has 0 aromatic rings. The minimum absolute atomic E-state index is 0.162. The molecule has 12 atom stereocenters. The molecule has 368 valence electrons. The second-order valence-corrected chi connectivity index (χ2v) is 25.0. The minimum Gasteiger partial charge on any atom is -0.353 e. The predicted octanol–water partition coefficient (Wildman–Crippen LogP) is 20.1. The summed E-state index contributed by atoms with van der Waals surface area (Å²) in [5, 5.41) is 0. The van der Waals surface area contributed by atoms with E-state index in [1.807, 2.05) is 0 Å². The maximum Gasteiger partial charge on any atom is 0.160 e. The maximum atomic E-state index is 6.90. The summed E-state index contributed by atoms with van der Waals surface area (Å²) in [4.78, 5) is 1.24. The molecule has 0 heterocycles. The molecular weight excluding hydrogens is 880 g/mol. The normalized spacial score (nSPS) is 18.2. The van der Waals surface area contributed by atoms with Crippen molar-refractivity contribution in [3.05, 3.63) is 0 Å². The predicted molar refractivity (Wildman–Crippen MR) is 281 cm³/mol. The van der Waals surface area contributed by atoms with E-state index in [4.69, 9.17) is 14.2 Å². The van der Waals surface area contributed by atoms with Gasteiger partial charge in [0.05, 0.1) is 0 Å². The summed E-state index contributed by atoms with van der Waals surface area (Å²) in [6.07, 6.45) is 38.2. The Morgan fingerprint density at radius 1 is 0.295 bits per heavy atom. The third-order valence-electron chi connectivity index (χ3n) is 13.5. The van der Waals surface area contributed by atoms with E-state index in [9.17, 15) is 0 Å². The molecule has 61 heavy (non-hydrogen) atoms. The van der Waals surface area contributed by atoms with Gasteiger partial charge in [-0.3, -0.25) is 0 Å². The Bertz CT molecular complexity index is 829. The van der Waals surface area contributed by atoms with Crippen LogP contribution < -0.4 is 0 Å². The van der Waals surface area contributed by atoms with E-state index >= 15 is 0 Å². The Kier molecular flexibility index (Phi) is 42.8. The van der Waals surface area contributed by atoms with Gasteiger partial charge in [0, 0.05) is 22.9 Å². The first kappa shape index (κ1) is 61.8. The molecule has 0 aliphatic carbocycles. The molecule has 0 aliphatic rings. The highest BCUT2D eigenvalue weighted by molar-refractivity contribution is 9.09. The molecule has 0 saturated heterocycles. The van der Waals surface area contributed by atoms with Gasteiger partial charge < -0.3 is 14.2 Å². The second-order valence-electron chi connectivity index (χ2n) is 21.8. The van der Waals surface area contributed by atoms with Crippen LogP contribution in [0.2, 0.25) is 0 Å². The van der Waals surface area contributed by atoms with Crippen LogP contribution in [0.4, 0.5) is 0 Å². The molecule has 0 fully saturated rings. The molecule has 0 amide bonds. The molecule has 12 unspecified atom stereocenters. The van der Waals surface area contributed by atoms with Crippen molar-refractivity contribution in [2.24, 2.45) is 47.3 Å². The molecule has 0 radical (unpaired) electrons. The topological polar surface area (TPSA) is 27.7 Å². The quantitative estimate of drug-likeness (QED) is 0.0346. The van der Waals surface area contributed by atoms with Crippen molar-refractivity contribution in [1.82, 2.24) is 0 Å². The molecule has 5 heteroatoms. The molecule has 3 nitrogen and oxygen atoms in total. The van der Waals surface area contributed by atoms with Crippen LogP contribution in [0.15, 0.2) is 0 Å². The van der Waals surface area contributed by atoms with Crippen molar-refractivity contribution in [2.75, 3.05) is 13.2 Å². The van der Waals surface area contributed by atoms with E-state index < -0.39 is 0 Å². The summed E-state index contributed by atoms with van der Waals surface area (Å²) in [6.45, 7) is 30.6. The summed E-state index contributed by atoms with van der Waals surface area (Å²) < 4.78 is 20.2. The summed E-state index contributed by atoms with van der Waals surface area (Å²) >= 11 is 7.54. The Hall–Kier alpha value is 0.840. The molecule has 0 bridgehead atoms. The van der Waals surface area contributed by atoms with Gasteiger partial charge in [0.25, 0.3) is 0 Å². The Labute approximate surface area is 402 Å². The monoisotopic (exact) mass is 991 g/mol. The fraction of sp³-hybridized carbons (Fsp3) is 1.00. The third kappa shape index (κ3) is 42.0. The van der Waals surface area contributed by atoms with Gasteiger partial charge in [-0.25, -0.2) is 0 Å². The lowest BCUT2D eigenvalue weighted by Gasteiger charge is -2.27. The zero-order chi connectivity index (χ0) is 45.7. The van der Waals surface area contributed by atoms with Crippen molar-refractivity contribution in [3.63, 3.8) is 0 Å². The second kappa shape index (κ2) is 42.2. The number of hydrogen-bond donors (Lipinski definition) is 0. The van der Waals surface area contributed by atoms with Crippen LogP contribution in [-0.2, 0) is 14.2 Å². The molecule has 0 N–H and O–H groups in total. The van der Waals surface area contributed by atoms with Crippen LogP contribution in [0.3, 0.4) is 0 Å². The highest BCUT2D eigenvalue weighted by atomic mass is 79.9. The molecule has 0 spiro atoms. The van der Waals surface area contributed by atoms with Gasteiger partial charge in [0.15, 0.2) is 12.6 Å². The van der Waals surface area contributed by atoms with E-state index in [0.717, 1.165) is 99.1 Å². The van der Waals surface area contributed by atoms with Crippen molar-refractivity contribution >= 4 is 31.9 Å². The fourth-order valence-electron chi connectivity index (χ4n) is 10.8. The first-order valence-electron chi connectivity index (χ1n) is 27.3. The van der Waals surface area contributed by atoms with Gasteiger partial charge in [-0.15, -0.1) is 0 Å². The van der Waals surface area contributed by atoms with Crippen LogP contribution in [0.1, 0.15) is 276 Å². The van der Waals surface area contributed by atoms with E-state index in [1.54, 1.807) is 0 Å². The lowest BCUT2D eigenvalue weighted by Crippen LogP contribution is -2.28. The lowest BCUT2D eigenvalue weighted by atomic mass is 9.83. The van der Waals surface area contributed by atoms with Crippen LogP contribution in [0.5, 0.6) is 0 Å². The summed E-state index contributed by atoms with van der Waals surface area (Å²) in [7, 11) is 0. The highest BCUT2D eigenvalue weighted by Crippen LogP contribution is 2.30. The summed E-state index contributed by atoms with van der Waals surface area (Å²) in [5.41, 5.74) is 0. The standard InChI is InChI=1S/C56H112Br2O3/c1-13-15-17-19-21-23-25-27-35-59-55(33-29-31-45(3)37-47(5)39-49(7)41-51(9)43-53(11)57)61-56(60-36-28-26-24-22-20-18-16-14-2)34-30-32-46(4)38-48(6)40-50(8)42-52(10)44-54(12)58/h45-56H,13-44H2,1-12H3. The average molecular weight is 993 g/mol. The number of unbranched alkanes of at least 4 members (excludes halogenated alkanes) is 14. The van der Waals surface area contributed by atoms with Gasteiger partial charge in [-0.2, -0.15) is 0 Å². The first-order chi connectivity index (χ1) is 29.1.